The maximum Gasteiger partial charge on any atom is 0.340 e. The Morgan fingerprint density at radius 1 is 1.15 bits per heavy atom. The van der Waals surface area contributed by atoms with E-state index in [1.54, 1.807) is 27.0 Å². The molecule has 0 aliphatic rings. The zero-order valence-electron chi connectivity index (χ0n) is 19.5. The molecule has 34 heavy (non-hydrogen) atoms. The summed E-state index contributed by atoms with van der Waals surface area (Å²) in [4.78, 5) is 28.7. The van der Waals surface area contributed by atoms with Crippen molar-refractivity contribution in [2.75, 3.05) is 6.61 Å². The van der Waals surface area contributed by atoms with Crippen LogP contribution >= 0.6 is 11.8 Å². The number of Topliss-reactive ketones (excluding diaryl/α,β-unsaturated/α-hetero) is 1. The second kappa shape index (κ2) is 10.1. The highest BCUT2D eigenvalue weighted by molar-refractivity contribution is 8.00. The first kappa shape index (κ1) is 23.6. The Bertz CT molecular complexity index is 1290. The first-order valence-corrected chi connectivity index (χ1v) is 11.9. The number of carbonyl (C=O) groups excluding carboxylic acids is 2. The predicted octanol–water partition coefficient (Wildman–Crippen LogP) is 5.07. The molecule has 176 valence electrons. The smallest absolute Gasteiger partial charge is 0.340 e. The van der Waals surface area contributed by atoms with Gasteiger partial charge in [-0.1, -0.05) is 42.1 Å². The lowest BCUT2D eigenvalue weighted by atomic mass is 10.1. The standard InChI is InChI=1S/C25H26N4O4S/c1-5-32-24(31)20-15(2)21(26-16(20)3)22(30)17(4)34-25-28-27-23(18-10-7-6-8-11-18)29(25)14-19-12-9-13-33-19/h6-13,17,26H,5,14H2,1-4H3. The third kappa shape index (κ3) is 4.70. The number of ether oxygens (including phenoxy) is 1. The van der Waals surface area contributed by atoms with Gasteiger partial charge in [0.05, 0.1) is 35.9 Å². The maximum absolute atomic E-state index is 13.3. The van der Waals surface area contributed by atoms with Gasteiger partial charge in [0.25, 0.3) is 0 Å². The number of aromatic amines is 1. The van der Waals surface area contributed by atoms with Gasteiger partial charge >= 0.3 is 5.97 Å². The van der Waals surface area contributed by atoms with Crippen molar-refractivity contribution < 1.29 is 18.7 Å². The van der Waals surface area contributed by atoms with Crippen LogP contribution in [0.2, 0.25) is 0 Å². The van der Waals surface area contributed by atoms with Crippen LogP contribution in [0.15, 0.2) is 58.3 Å². The third-order valence-corrected chi connectivity index (χ3v) is 6.54. The Morgan fingerprint density at radius 2 is 1.91 bits per heavy atom. The molecular weight excluding hydrogens is 452 g/mol. The monoisotopic (exact) mass is 478 g/mol. The van der Waals surface area contributed by atoms with Crippen LogP contribution < -0.4 is 0 Å². The predicted molar refractivity (Wildman–Crippen MR) is 129 cm³/mol. The third-order valence-electron chi connectivity index (χ3n) is 5.46. The number of thioether (sulfide) groups is 1. The summed E-state index contributed by atoms with van der Waals surface area (Å²) in [6.07, 6.45) is 1.62. The SMILES string of the molecule is CCOC(=O)c1c(C)[nH]c(C(=O)C(C)Sc2nnc(-c3ccccc3)n2Cc2ccco2)c1C. The van der Waals surface area contributed by atoms with Gasteiger partial charge in [-0.25, -0.2) is 4.79 Å². The zero-order valence-corrected chi connectivity index (χ0v) is 20.3. The van der Waals surface area contributed by atoms with E-state index in [4.69, 9.17) is 9.15 Å². The maximum atomic E-state index is 13.3. The normalized spacial score (nSPS) is 12.0. The van der Waals surface area contributed by atoms with Gasteiger partial charge in [-0.15, -0.1) is 10.2 Å². The van der Waals surface area contributed by atoms with Crippen molar-refractivity contribution >= 4 is 23.5 Å². The van der Waals surface area contributed by atoms with Crippen LogP contribution in [0.4, 0.5) is 0 Å². The molecule has 0 fully saturated rings. The van der Waals surface area contributed by atoms with Crippen molar-refractivity contribution in [2.45, 2.75) is 44.6 Å². The average Bonchev–Trinajstić information content (AvgIpc) is 3.55. The zero-order chi connectivity index (χ0) is 24.2. The van der Waals surface area contributed by atoms with Crippen molar-refractivity contribution in [3.8, 4) is 11.4 Å². The summed E-state index contributed by atoms with van der Waals surface area (Å²) in [6.45, 7) is 7.80. The number of hydrogen-bond acceptors (Lipinski definition) is 7. The van der Waals surface area contributed by atoms with Crippen LogP contribution in [0.25, 0.3) is 11.4 Å². The van der Waals surface area contributed by atoms with E-state index in [9.17, 15) is 9.59 Å². The van der Waals surface area contributed by atoms with Crippen LogP contribution in [-0.4, -0.2) is 43.4 Å². The fourth-order valence-electron chi connectivity index (χ4n) is 3.80. The van der Waals surface area contributed by atoms with Gasteiger partial charge in [-0.3, -0.25) is 9.36 Å². The average molecular weight is 479 g/mol. The van der Waals surface area contributed by atoms with Gasteiger partial charge in [-0.2, -0.15) is 0 Å². The number of ketones is 1. The first-order valence-electron chi connectivity index (χ1n) is 11.0. The summed E-state index contributed by atoms with van der Waals surface area (Å²) in [7, 11) is 0. The van der Waals surface area contributed by atoms with E-state index >= 15 is 0 Å². The summed E-state index contributed by atoms with van der Waals surface area (Å²) < 4.78 is 12.6. The highest BCUT2D eigenvalue weighted by atomic mass is 32.2. The quantitative estimate of drug-likeness (QED) is 0.203. The van der Waals surface area contributed by atoms with Gasteiger partial charge in [-0.05, 0) is 45.4 Å². The Labute approximate surface area is 201 Å². The molecule has 3 aromatic heterocycles. The number of nitrogens with zero attached hydrogens (tertiary/aromatic N) is 3. The van der Waals surface area contributed by atoms with Crippen molar-refractivity contribution in [1.82, 2.24) is 19.7 Å². The molecule has 4 aromatic rings. The molecule has 1 unspecified atom stereocenters. The summed E-state index contributed by atoms with van der Waals surface area (Å²) in [5.41, 5.74) is 2.94. The van der Waals surface area contributed by atoms with E-state index in [0.717, 1.165) is 11.3 Å². The Balaban J connectivity index is 1.63. The molecule has 0 amide bonds. The topological polar surface area (TPSA) is 103 Å². The van der Waals surface area contributed by atoms with Crippen molar-refractivity contribution in [3.05, 3.63) is 77.0 Å². The van der Waals surface area contributed by atoms with Crippen LogP contribution in [0.1, 0.15) is 51.7 Å². The summed E-state index contributed by atoms with van der Waals surface area (Å²) in [6, 6.07) is 13.5. The number of esters is 1. The van der Waals surface area contributed by atoms with Crippen molar-refractivity contribution in [2.24, 2.45) is 0 Å². The number of nitrogens with one attached hydrogen (secondary N) is 1. The van der Waals surface area contributed by atoms with E-state index < -0.39 is 11.2 Å². The van der Waals surface area contributed by atoms with Crippen LogP contribution in [-0.2, 0) is 11.3 Å². The van der Waals surface area contributed by atoms with Crippen LogP contribution in [0, 0.1) is 13.8 Å². The number of H-pyrrole nitrogens is 1. The largest absolute Gasteiger partial charge is 0.467 e. The van der Waals surface area contributed by atoms with Gasteiger partial charge < -0.3 is 14.1 Å². The molecule has 1 atom stereocenters. The molecule has 0 aliphatic heterocycles. The fraction of sp³-hybridized carbons (Fsp3) is 0.280. The first-order chi connectivity index (χ1) is 16.4. The number of rotatable bonds is 9. The summed E-state index contributed by atoms with van der Waals surface area (Å²) in [5, 5.41) is 8.91. The molecule has 9 heteroatoms. The molecule has 4 rings (SSSR count). The summed E-state index contributed by atoms with van der Waals surface area (Å²) >= 11 is 1.31. The number of furan rings is 1. The second-order valence-corrected chi connectivity index (χ2v) is 9.12. The number of hydrogen-bond donors (Lipinski definition) is 1. The van der Waals surface area contributed by atoms with E-state index in [2.05, 4.69) is 15.2 Å². The van der Waals surface area contributed by atoms with Crippen molar-refractivity contribution in [3.63, 3.8) is 0 Å². The molecule has 0 saturated carbocycles. The van der Waals surface area contributed by atoms with E-state index in [1.165, 1.54) is 11.8 Å². The Hall–Kier alpha value is -3.59. The molecule has 0 spiro atoms. The van der Waals surface area contributed by atoms with E-state index in [-0.39, 0.29) is 12.4 Å². The van der Waals surface area contributed by atoms with Crippen molar-refractivity contribution in [1.29, 1.82) is 0 Å². The fourth-order valence-corrected chi connectivity index (χ4v) is 4.71. The molecule has 1 N–H and O–H groups in total. The van der Waals surface area contributed by atoms with Gasteiger partial charge in [0.15, 0.2) is 16.8 Å². The molecule has 0 radical (unpaired) electrons. The highest BCUT2D eigenvalue weighted by Crippen LogP contribution is 2.30. The Morgan fingerprint density at radius 3 is 2.59 bits per heavy atom. The van der Waals surface area contributed by atoms with Gasteiger partial charge in [0, 0.05) is 11.3 Å². The van der Waals surface area contributed by atoms with E-state index in [1.807, 2.05) is 54.0 Å². The number of benzene rings is 1. The molecule has 0 aliphatic carbocycles. The molecule has 0 bridgehead atoms. The molecule has 1 aromatic carbocycles. The lowest BCUT2D eigenvalue weighted by molar-refractivity contribution is 0.0525. The minimum absolute atomic E-state index is 0.130. The van der Waals surface area contributed by atoms with Gasteiger partial charge in [0.2, 0.25) is 0 Å². The van der Waals surface area contributed by atoms with Crippen LogP contribution in [0.3, 0.4) is 0 Å². The highest BCUT2D eigenvalue weighted by Gasteiger charge is 2.28. The lowest BCUT2D eigenvalue weighted by Crippen LogP contribution is -2.17. The molecule has 0 saturated heterocycles. The second-order valence-electron chi connectivity index (χ2n) is 7.81. The lowest BCUT2D eigenvalue weighted by Gasteiger charge is -2.12. The Kier molecular flexibility index (Phi) is 7.02. The number of aromatic nitrogens is 4. The van der Waals surface area contributed by atoms with E-state index in [0.29, 0.717) is 40.0 Å². The summed E-state index contributed by atoms with van der Waals surface area (Å²) in [5.74, 6) is 0.886. The van der Waals surface area contributed by atoms with Gasteiger partial charge in [0.1, 0.15) is 5.76 Å². The number of aryl methyl sites for hydroxylation is 1. The molecule has 8 nitrogen and oxygen atoms in total. The number of carbonyl (C=O) groups is 2. The van der Waals surface area contributed by atoms with Crippen LogP contribution in [0.5, 0.6) is 0 Å². The molecule has 3 heterocycles. The minimum atomic E-state index is -0.477. The molecular formula is C25H26N4O4S. The minimum Gasteiger partial charge on any atom is -0.467 e.